The highest BCUT2D eigenvalue weighted by Crippen LogP contribution is 2.16. The highest BCUT2D eigenvalue weighted by atomic mass is 32.2. The lowest BCUT2D eigenvalue weighted by Gasteiger charge is -2.08. The molecule has 20 heavy (non-hydrogen) atoms. The molecule has 0 fully saturated rings. The molecule has 0 aliphatic carbocycles. The Morgan fingerprint density at radius 2 is 2.00 bits per heavy atom. The van der Waals surface area contributed by atoms with Crippen molar-refractivity contribution in [2.24, 2.45) is 0 Å². The number of anilines is 1. The van der Waals surface area contributed by atoms with Crippen molar-refractivity contribution in [1.82, 2.24) is 5.32 Å². The highest BCUT2D eigenvalue weighted by Gasteiger charge is 2.13. The second-order valence-electron chi connectivity index (χ2n) is 4.52. The summed E-state index contributed by atoms with van der Waals surface area (Å²) in [5, 5.41) is 2.72. The number of amides is 1. The summed E-state index contributed by atoms with van der Waals surface area (Å²) in [6.07, 6.45) is 2.72. The van der Waals surface area contributed by atoms with Crippen molar-refractivity contribution < 1.29 is 17.9 Å². The van der Waals surface area contributed by atoms with Gasteiger partial charge in [0.25, 0.3) is 5.91 Å². The van der Waals surface area contributed by atoms with E-state index in [1.54, 1.807) is 7.11 Å². The molecule has 3 N–H and O–H groups in total. The first-order valence-electron chi connectivity index (χ1n) is 6.22. The van der Waals surface area contributed by atoms with Gasteiger partial charge in [0.2, 0.25) is 0 Å². The molecular weight excluding hydrogens is 280 g/mol. The van der Waals surface area contributed by atoms with Crippen LogP contribution in [0.1, 0.15) is 23.2 Å². The van der Waals surface area contributed by atoms with Crippen LogP contribution >= 0.6 is 0 Å². The van der Waals surface area contributed by atoms with Gasteiger partial charge in [-0.3, -0.25) is 4.79 Å². The number of ether oxygens (including phenoxy) is 1. The predicted molar refractivity (Wildman–Crippen MR) is 77.4 cm³/mol. The van der Waals surface area contributed by atoms with Gasteiger partial charge in [0.1, 0.15) is 0 Å². The number of methoxy groups -OCH3 is 1. The van der Waals surface area contributed by atoms with Crippen LogP contribution in [0.2, 0.25) is 0 Å². The maximum atomic E-state index is 11.9. The minimum atomic E-state index is -3.39. The zero-order valence-corrected chi connectivity index (χ0v) is 12.5. The Labute approximate surface area is 119 Å². The van der Waals surface area contributed by atoms with Crippen molar-refractivity contribution >= 4 is 21.4 Å². The number of sulfone groups is 1. The summed E-state index contributed by atoms with van der Waals surface area (Å²) in [7, 11) is -1.77. The zero-order chi connectivity index (χ0) is 15.2. The maximum absolute atomic E-state index is 11.9. The van der Waals surface area contributed by atoms with Crippen LogP contribution in [0.3, 0.4) is 0 Å². The van der Waals surface area contributed by atoms with Crippen LogP contribution in [0, 0.1) is 0 Å². The van der Waals surface area contributed by atoms with Crippen LogP contribution in [0.5, 0.6) is 0 Å². The SMILES string of the molecule is COCCCCNC(=O)c1cc(N)cc(S(C)(=O)=O)c1. The van der Waals surface area contributed by atoms with Crippen molar-refractivity contribution in [2.45, 2.75) is 17.7 Å². The molecule has 0 radical (unpaired) electrons. The Balaban J connectivity index is 2.71. The molecule has 6 nitrogen and oxygen atoms in total. The zero-order valence-electron chi connectivity index (χ0n) is 11.7. The summed E-state index contributed by atoms with van der Waals surface area (Å²) >= 11 is 0. The van der Waals surface area contributed by atoms with Crippen LogP contribution < -0.4 is 11.1 Å². The van der Waals surface area contributed by atoms with Gasteiger partial charge in [0.05, 0.1) is 4.90 Å². The number of rotatable bonds is 7. The van der Waals surface area contributed by atoms with Gasteiger partial charge < -0.3 is 15.8 Å². The fourth-order valence-corrected chi connectivity index (χ4v) is 2.33. The number of carbonyl (C=O) groups excluding carboxylic acids is 1. The average Bonchev–Trinajstić information content (AvgIpc) is 2.36. The molecule has 0 saturated heterocycles. The number of nitrogen functional groups attached to an aromatic ring is 1. The summed E-state index contributed by atoms with van der Waals surface area (Å²) < 4.78 is 27.9. The van der Waals surface area contributed by atoms with Gasteiger partial charge in [0.15, 0.2) is 9.84 Å². The first-order chi connectivity index (χ1) is 9.34. The van der Waals surface area contributed by atoms with E-state index >= 15 is 0 Å². The van der Waals surface area contributed by atoms with E-state index in [-0.39, 0.29) is 22.1 Å². The van der Waals surface area contributed by atoms with Crippen LogP contribution in [-0.2, 0) is 14.6 Å². The van der Waals surface area contributed by atoms with E-state index < -0.39 is 9.84 Å². The van der Waals surface area contributed by atoms with Crippen molar-refractivity contribution in [3.8, 4) is 0 Å². The first-order valence-corrected chi connectivity index (χ1v) is 8.11. The quantitative estimate of drug-likeness (QED) is 0.574. The van der Waals surface area contributed by atoms with Crippen molar-refractivity contribution in [3.63, 3.8) is 0 Å². The highest BCUT2D eigenvalue weighted by molar-refractivity contribution is 7.90. The molecule has 0 aromatic heterocycles. The average molecular weight is 300 g/mol. The molecule has 7 heteroatoms. The Kier molecular flexibility index (Phi) is 5.97. The summed E-state index contributed by atoms with van der Waals surface area (Å²) in [4.78, 5) is 12.0. The van der Waals surface area contributed by atoms with Crippen LogP contribution in [0.4, 0.5) is 5.69 Å². The van der Waals surface area contributed by atoms with Gasteiger partial charge in [-0.25, -0.2) is 8.42 Å². The Morgan fingerprint density at radius 1 is 1.30 bits per heavy atom. The van der Waals surface area contributed by atoms with E-state index in [2.05, 4.69) is 5.32 Å². The predicted octanol–water partition coefficient (Wildman–Crippen LogP) is 0.829. The molecule has 0 aliphatic heterocycles. The lowest BCUT2D eigenvalue weighted by Crippen LogP contribution is -2.25. The molecule has 0 spiro atoms. The minimum absolute atomic E-state index is 0.0435. The molecule has 112 valence electrons. The van der Waals surface area contributed by atoms with E-state index in [4.69, 9.17) is 10.5 Å². The molecule has 1 amide bonds. The molecule has 1 aromatic carbocycles. The van der Waals surface area contributed by atoms with Gasteiger partial charge in [-0.2, -0.15) is 0 Å². The van der Waals surface area contributed by atoms with E-state index in [9.17, 15) is 13.2 Å². The third-order valence-electron chi connectivity index (χ3n) is 2.68. The summed E-state index contributed by atoms with van der Waals surface area (Å²) in [6.45, 7) is 1.15. The topological polar surface area (TPSA) is 98.5 Å². The van der Waals surface area contributed by atoms with Gasteiger partial charge >= 0.3 is 0 Å². The van der Waals surface area contributed by atoms with Gasteiger partial charge in [-0.1, -0.05) is 0 Å². The van der Waals surface area contributed by atoms with Crippen molar-refractivity contribution in [3.05, 3.63) is 23.8 Å². The number of carbonyl (C=O) groups is 1. The number of nitrogens with two attached hydrogens (primary N) is 1. The number of nitrogens with one attached hydrogen (secondary N) is 1. The van der Waals surface area contributed by atoms with Gasteiger partial charge in [-0.15, -0.1) is 0 Å². The Hall–Kier alpha value is -1.60. The second-order valence-corrected chi connectivity index (χ2v) is 6.53. The minimum Gasteiger partial charge on any atom is -0.399 e. The number of benzene rings is 1. The van der Waals surface area contributed by atoms with Crippen molar-refractivity contribution in [2.75, 3.05) is 32.3 Å². The normalized spacial score (nSPS) is 11.3. The lowest BCUT2D eigenvalue weighted by atomic mass is 10.2. The maximum Gasteiger partial charge on any atom is 0.251 e. The molecular formula is C13H20N2O4S. The van der Waals surface area contributed by atoms with Gasteiger partial charge in [0, 0.05) is 37.8 Å². The van der Waals surface area contributed by atoms with Crippen LogP contribution in [-0.4, -0.2) is 40.8 Å². The second kappa shape index (κ2) is 7.25. The van der Waals surface area contributed by atoms with E-state index in [1.807, 2.05) is 0 Å². The fourth-order valence-electron chi connectivity index (χ4n) is 1.64. The summed E-state index contributed by atoms with van der Waals surface area (Å²) in [5.41, 5.74) is 6.12. The standard InChI is InChI=1S/C13H20N2O4S/c1-19-6-4-3-5-15-13(16)10-7-11(14)9-12(8-10)20(2,17)18/h7-9H,3-6,14H2,1-2H3,(H,15,16). The largest absolute Gasteiger partial charge is 0.399 e. The fraction of sp³-hybridized carbons (Fsp3) is 0.462. The number of hydrogen-bond donors (Lipinski definition) is 2. The summed E-state index contributed by atoms with van der Waals surface area (Å²) in [6, 6.07) is 4.13. The van der Waals surface area contributed by atoms with Crippen LogP contribution in [0.25, 0.3) is 0 Å². The first kappa shape index (κ1) is 16.5. The van der Waals surface area contributed by atoms with E-state index in [1.165, 1.54) is 18.2 Å². The van der Waals surface area contributed by atoms with E-state index in [0.717, 1.165) is 19.1 Å². The smallest absolute Gasteiger partial charge is 0.251 e. The molecule has 0 unspecified atom stereocenters. The van der Waals surface area contributed by atoms with Gasteiger partial charge in [-0.05, 0) is 31.0 Å². The summed E-state index contributed by atoms with van der Waals surface area (Å²) in [5.74, 6) is -0.334. The monoisotopic (exact) mass is 300 g/mol. The Bertz CT molecular complexity index is 570. The third-order valence-corrected chi connectivity index (χ3v) is 3.77. The molecule has 1 aromatic rings. The number of unbranched alkanes of at least 4 members (excludes halogenated alkanes) is 1. The lowest BCUT2D eigenvalue weighted by molar-refractivity contribution is 0.0951. The molecule has 0 saturated carbocycles. The third kappa shape index (κ3) is 5.18. The molecule has 0 bridgehead atoms. The Morgan fingerprint density at radius 3 is 2.60 bits per heavy atom. The molecule has 0 heterocycles. The number of hydrogen-bond acceptors (Lipinski definition) is 5. The molecule has 0 aliphatic rings. The van der Waals surface area contributed by atoms with Crippen LogP contribution in [0.15, 0.2) is 23.1 Å². The van der Waals surface area contributed by atoms with E-state index in [0.29, 0.717) is 13.2 Å². The molecule has 0 atom stereocenters. The van der Waals surface area contributed by atoms with Crippen molar-refractivity contribution in [1.29, 1.82) is 0 Å². The molecule has 1 rings (SSSR count).